The summed E-state index contributed by atoms with van der Waals surface area (Å²) in [5, 5.41) is 4.64. The van der Waals surface area contributed by atoms with Gasteiger partial charge in [0, 0.05) is 18.8 Å². The van der Waals surface area contributed by atoms with E-state index >= 15 is 0 Å². The topological polar surface area (TPSA) is 75.7 Å². The number of nitrogens with one attached hydrogen (secondary N) is 1. The van der Waals surface area contributed by atoms with Gasteiger partial charge in [-0.25, -0.2) is 8.42 Å². The van der Waals surface area contributed by atoms with Crippen molar-refractivity contribution >= 4 is 33.0 Å². The van der Waals surface area contributed by atoms with Gasteiger partial charge in [0.2, 0.25) is 5.91 Å². The smallest absolute Gasteiger partial charge is 0.252 e. The normalized spacial score (nSPS) is 17.4. The number of sulfonamides is 1. The van der Waals surface area contributed by atoms with Gasteiger partial charge in [-0.15, -0.1) is 11.3 Å². The first-order chi connectivity index (χ1) is 14.5. The maximum atomic E-state index is 12.8. The number of piperidine rings is 1. The van der Waals surface area contributed by atoms with Gasteiger partial charge in [0.05, 0.1) is 5.92 Å². The largest absolute Gasteiger partial charge is 0.457 e. The quantitative estimate of drug-likeness (QED) is 0.606. The Morgan fingerprint density at radius 1 is 1.00 bits per heavy atom. The maximum absolute atomic E-state index is 12.8. The Morgan fingerprint density at radius 3 is 2.43 bits per heavy atom. The fourth-order valence-corrected chi connectivity index (χ4v) is 6.06. The number of thiophene rings is 1. The number of carbonyl (C=O) groups is 1. The van der Waals surface area contributed by atoms with Gasteiger partial charge >= 0.3 is 0 Å². The second-order valence-electron chi connectivity index (χ2n) is 7.06. The molecule has 4 rings (SSSR count). The Bertz CT molecular complexity index is 1080. The van der Waals surface area contributed by atoms with E-state index in [9.17, 15) is 13.2 Å². The van der Waals surface area contributed by atoms with E-state index in [1.165, 1.54) is 15.6 Å². The van der Waals surface area contributed by atoms with E-state index in [4.69, 9.17) is 4.74 Å². The standard InChI is InChI=1S/C22H22N2O4S2/c25-22(17-6-4-14-24(16-17)30(26,27)21-9-5-15-29-21)23-18-10-12-20(13-11-18)28-19-7-2-1-3-8-19/h1-3,5,7-13,15,17H,4,6,14,16H2,(H,23,25). The molecule has 1 aliphatic rings. The second-order valence-corrected chi connectivity index (χ2v) is 10.2. The highest BCUT2D eigenvalue weighted by atomic mass is 32.2. The minimum atomic E-state index is -3.54. The molecule has 0 bridgehead atoms. The Morgan fingerprint density at radius 2 is 1.73 bits per heavy atom. The molecule has 0 saturated carbocycles. The van der Waals surface area contributed by atoms with Gasteiger partial charge in [-0.2, -0.15) is 4.31 Å². The number of nitrogens with zero attached hydrogens (tertiary/aromatic N) is 1. The van der Waals surface area contributed by atoms with Crippen molar-refractivity contribution in [2.75, 3.05) is 18.4 Å². The molecule has 8 heteroatoms. The highest BCUT2D eigenvalue weighted by molar-refractivity contribution is 7.91. The molecular weight excluding hydrogens is 420 g/mol. The fourth-order valence-electron chi connectivity index (χ4n) is 3.39. The Kier molecular flexibility index (Phi) is 6.17. The van der Waals surface area contributed by atoms with Crippen LogP contribution in [0.1, 0.15) is 12.8 Å². The summed E-state index contributed by atoms with van der Waals surface area (Å²) in [6.07, 6.45) is 1.32. The van der Waals surface area contributed by atoms with E-state index in [1.54, 1.807) is 41.8 Å². The molecule has 1 N–H and O–H groups in total. The first-order valence-electron chi connectivity index (χ1n) is 9.70. The number of rotatable bonds is 6. The summed E-state index contributed by atoms with van der Waals surface area (Å²) in [5.74, 6) is 0.861. The molecule has 2 heterocycles. The summed E-state index contributed by atoms with van der Waals surface area (Å²) in [7, 11) is -3.54. The van der Waals surface area contributed by atoms with Crippen LogP contribution in [0.4, 0.5) is 5.69 Å². The molecule has 30 heavy (non-hydrogen) atoms. The van der Waals surface area contributed by atoms with E-state index < -0.39 is 10.0 Å². The highest BCUT2D eigenvalue weighted by Gasteiger charge is 2.33. The lowest BCUT2D eigenvalue weighted by Crippen LogP contribution is -2.43. The van der Waals surface area contributed by atoms with Crippen molar-refractivity contribution in [3.63, 3.8) is 0 Å². The molecule has 0 radical (unpaired) electrons. The molecule has 1 amide bonds. The van der Waals surface area contributed by atoms with Crippen molar-refractivity contribution in [3.05, 3.63) is 72.1 Å². The van der Waals surface area contributed by atoms with Crippen LogP contribution in [0, 0.1) is 5.92 Å². The zero-order valence-corrected chi connectivity index (χ0v) is 17.9. The molecule has 1 aromatic heterocycles. The number of hydrogen-bond acceptors (Lipinski definition) is 5. The van der Waals surface area contributed by atoms with Gasteiger partial charge in [0.25, 0.3) is 10.0 Å². The Hall–Kier alpha value is -2.68. The summed E-state index contributed by atoms with van der Waals surface area (Å²) < 4.78 is 33.0. The molecule has 156 valence electrons. The van der Waals surface area contributed by atoms with Gasteiger partial charge in [0.1, 0.15) is 15.7 Å². The van der Waals surface area contributed by atoms with Crippen LogP contribution >= 0.6 is 11.3 Å². The molecule has 0 spiro atoms. The summed E-state index contributed by atoms with van der Waals surface area (Å²) in [6.45, 7) is 0.636. The average molecular weight is 443 g/mol. The number of carbonyl (C=O) groups excluding carboxylic acids is 1. The van der Waals surface area contributed by atoms with Crippen molar-refractivity contribution in [1.29, 1.82) is 0 Å². The predicted octanol–water partition coefficient (Wildman–Crippen LogP) is 4.58. The molecule has 3 aromatic rings. The van der Waals surface area contributed by atoms with Crippen LogP contribution in [-0.2, 0) is 14.8 Å². The molecule has 6 nitrogen and oxygen atoms in total. The van der Waals surface area contributed by atoms with E-state index in [0.29, 0.717) is 35.0 Å². The van der Waals surface area contributed by atoms with Crippen molar-refractivity contribution in [1.82, 2.24) is 4.31 Å². The lowest BCUT2D eigenvalue weighted by molar-refractivity contribution is -0.120. The molecular formula is C22H22N2O4S2. The van der Waals surface area contributed by atoms with Crippen LogP contribution in [0.15, 0.2) is 76.3 Å². The van der Waals surface area contributed by atoms with E-state index in [0.717, 1.165) is 5.75 Å². The fraction of sp³-hybridized carbons (Fsp3) is 0.227. The lowest BCUT2D eigenvalue weighted by Gasteiger charge is -2.30. The monoisotopic (exact) mass is 442 g/mol. The van der Waals surface area contributed by atoms with Crippen molar-refractivity contribution in [2.45, 2.75) is 17.1 Å². The summed E-state index contributed by atoms with van der Waals surface area (Å²) >= 11 is 1.20. The average Bonchev–Trinajstić information content (AvgIpc) is 3.32. The third kappa shape index (κ3) is 4.72. The molecule has 1 unspecified atom stereocenters. The molecule has 1 fully saturated rings. The number of amides is 1. The molecule has 1 atom stereocenters. The van der Waals surface area contributed by atoms with Crippen molar-refractivity contribution < 1.29 is 17.9 Å². The lowest BCUT2D eigenvalue weighted by atomic mass is 9.99. The summed E-state index contributed by atoms with van der Waals surface area (Å²) in [4.78, 5) is 12.7. The number of anilines is 1. The summed E-state index contributed by atoms with van der Waals surface area (Å²) in [6, 6.07) is 19.9. The number of hydrogen-bond donors (Lipinski definition) is 1. The SMILES string of the molecule is O=C(Nc1ccc(Oc2ccccc2)cc1)C1CCCN(S(=O)(=O)c2cccs2)C1. The molecule has 1 aliphatic heterocycles. The minimum absolute atomic E-state index is 0.169. The summed E-state index contributed by atoms with van der Waals surface area (Å²) in [5.41, 5.74) is 0.652. The maximum Gasteiger partial charge on any atom is 0.252 e. The van der Waals surface area contributed by atoms with E-state index in [-0.39, 0.29) is 18.4 Å². The first kappa shape index (κ1) is 20.6. The third-order valence-electron chi connectivity index (χ3n) is 4.94. The number of ether oxygens (including phenoxy) is 1. The van der Waals surface area contributed by atoms with Crippen LogP contribution in [0.25, 0.3) is 0 Å². The van der Waals surface area contributed by atoms with Crippen LogP contribution in [0.3, 0.4) is 0 Å². The number of para-hydroxylation sites is 1. The van der Waals surface area contributed by atoms with Gasteiger partial charge in [0.15, 0.2) is 0 Å². The van der Waals surface area contributed by atoms with Crippen LogP contribution in [0.2, 0.25) is 0 Å². The van der Waals surface area contributed by atoms with Crippen LogP contribution in [-0.4, -0.2) is 31.7 Å². The minimum Gasteiger partial charge on any atom is -0.457 e. The second kappa shape index (κ2) is 8.99. The highest BCUT2D eigenvalue weighted by Crippen LogP contribution is 2.28. The van der Waals surface area contributed by atoms with Crippen LogP contribution < -0.4 is 10.1 Å². The van der Waals surface area contributed by atoms with Crippen molar-refractivity contribution in [2.24, 2.45) is 5.92 Å². The van der Waals surface area contributed by atoms with E-state index in [1.807, 2.05) is 30.3 Å². The van der Waals surface area contributed by atoms with Gasteiger partial charge in [-0.1, -0.05) is 24.3 Å². The van der Waals surface area contributed by atoms with Crippen LogP contribution in [0.5, 0.6) is 11.5 Å². The zero-order valence-electron chi connectivity index (χ0n) is 16.2. The zero-order chi connectivity index (χ0) is 21.0. The van der Waals surface area contributed by atoms with Crippen molar-refractivity contribution in [3.8, 4) is 11.5 Å². The third-order valence-corrected chi connectivity index (χ3v) is 8.18. The molecule has 0 aliphatic carbocycles. The Balaban J connectivity index is 1.37. The number of benzene rings is 2. The van der Waals surface area contributed by atoms with Gasteiger partial charge in [-0.3, -0.25) is 4.79 Å². The predicted molar refractivity (Wildman–Crippen MR) is 117 cm³/mol. The first-order valence-corrected chi connectivity index (χ1v) is 12.0. The molecule has 1 saturated heterocycles. The van der Waals surface area contributed by atoms with Gasteiger partial charge in [-0.05, 0) is 60.7 Å². The van der Waals surface area contributed by atoms with E-state index in [2.05, 4.69) is 5.32 Å². The Labute approximate surface area is 180 Å². The van der Waals surface area contributed by atoms with Gasteiger partial charge < -0.3 is 10.1 Å². The molecule has 2 aromatic carbocycles.